The number of aromatic nitrogens is 3. The number of para-hydroxylation sites is 1. The fourth-order valence-corrected chi connectivity index (χ4v) is 4.62. The Balaban J connectivity index is 1.89. The number of H-pyrrole nitrogens is 1. The zero-order valence-electron chi connectivity index (χ0n) is 15.3. The summed E-state index contributed by atoms with van der Waals surface area (Å²) in [7, 11) is 0. The maximum Gasteiger partial charge on any atom is 0.325 e. The van der Waals surface area contributed by atoms with Crippen molar-refractivity contribution in [2.24, 2.45) is 0 Å². The van der Waals surface area contributed by atoms with Gasteiger partial charge < -0.3 is 10.4 Å². The van der Waals surface area contributed by atoms with Gasteiger partial charge in [-0.25, -0.2) is 0 Å². The molecule has 1 aliphatic heterocycles. The van der Waals surface area contributed by atoms with Crippen molar-refractivity contribution in [3.63, 3.8) is 0 Å². The standard InChI is InChI=1S/C20H19BrN4O2S/c1-2-3-10-28-20-23-19(27)17-13-6-4-5-7-16(13)22-18(25(17)24-20)14-11-12(26)8-9-15(14)21/h4-9,11,18H,2-3,10H2,1H3,(H2,23,24,26,27)/p+1/t18-/m1/s1. The monoisotopic (exact) mass is 459 g/mol. The fourth-order valence-electron chi connectivity index (χ4n) is 3.22. The Labute approximate surface area is 175 Å². The molecule has 144 valence electrons. The number of aromatic hydroxyl groups is 1. The van der Waals surface area contributed by atoms with Gasteiger partial charge in [-0.3, -0.25) is 9.78 Å². The second-order valence-corrected chi connectivity index (χ2v) is 8.49. The number of fused-ring (bicyclic) bond motifs is 3. The summed E-state index contributed by atoms with van der Waals surface area (Å²) in [5, 5.41) is 18.8. The largest absolute Gasteiger partial charge is 0.508 e. The molecule has 3 aromatic rings. The molecular formula is C20H20BrN4O2S+. The average Bonchev–Trinajstić information content (AvgIpc) is 2.69. The number of nitrogens with one attached hydrogen (secondary N) is 2. The van der Waals surface area contributed by atoms with Crippen LogP contribution in [0.2, 0.25) is 0 Å². The van der Waals surface area contributed by atoms with E-state index in [-0.39, 0.29) is 11.3 Å². The minimum atomic E-state index is -0.431. The van der Waals surface area contributed by atoms with E-state index in [1.165, 1.54) is 0 Å². The van der Waals surface area contributed by atoms with Crippen LogP contribution < -0.4 is 15.6 Å². The molecule has 28 heavy (non-hydrogen) atoms. The molecule has 0 aliphatic carbocycles. The van der Waals surface area contributed by atoms with Gasteiger partial charge in [0.15, 0.2) is 0 Å². The molecule has 0 amide bonds. The van der Waals surface area contributed by atoms with Crippen LogP contribution in [-0.4, -0.2) is 20.9 Å². The minimum absolute atomic E-state index is 0.156. The van der Waals surface area contributed by atoms with Crippen LogP contribution in [0.4, 0.5) is 5.69 Å². The van der Waals surface area contributed by atoms with Crippen molar-refractivity contribution in [1.29, 1.82) is 0 Å². The van der Waals surface area contributed by atoms with Crippen molar-refractivity contribution < 1.29 is 9.79 Å². The summed E-state index contributed by atoms with van der Waals surface area (Å²) in [6.45, 7) is 2.13. The summed E-state index contributed by atoms with van der Waals surface area (Å²) >= 11 is 5.10. The number of halogens is 1. The number of rotatable bonds is 5. The highest BCUT2D eigenvalue weighted by molar-refractivity contribution is 9.10. The topological polar surface area (TPSA) is 81.9 Å². The number of hydrogen-bond donors (Lipinski definition) is 3. The smallest absolute Gasteiger partial charge is 0.325 e. The molecule has 2 aromatic carbocycles. The van der Waals surface area contributed by atoms with Gasteiger partial charge >= 0.3 is 11.3 Å². The molecule has 0 saturated carbocycles. The molecule has 4 rings (SSSR count). The van der Waals surface area contributed by atoms with Crippen molar-refractivity contribution in [3.05, 3.63) is 62.9 Å². The zero-order valence-corrected chi connectivity index (χ0v) is 17.7. The Kier molecular flexibility index (Phi) is 5.41. The van der Waals surface area contributed by atoms with Crippen molar-refractivity contribution in [1.82, 2.24) is 10.1 Å². The predicted octanol–water partition coefficient (Wildman–Crippen LogP) is 4.06. The molecule has 0 spiro atoms. The zero-order chi connectivity index (χ0) is 19.7. The Morgan fingerprint density at radius 1 is 1.29 bits per heavy atom. The average molecular weight is 460 g/mol. The molecule has 0 bridgehead atoms. The van der Waals surface area contributed by atoms with E-state index in [0.29, 0.717) is 10.9 Å². The van der Waals surface area contributed by atoms with Crippen LogP contribution in [0.3, 0.4) is 0 Å². The van der Waals surface area contributed by atoms with E-state index in [4.69, 9.17) is 5.10 Å². The number of benzene rings is 2. The first-order valence-electron chi connectivity index (χ1n) is 9.11. The number of unbranched alkanes of at least 4 members (excludes halogenated alkanes) is 1. The van der Waals surface area contributed by atoms with Crippen LogP contribution in [0.25, 0.3) is 11.3 Å². The summed E-state index contributed by atoms with van der Waals surface area (Å²) in [5.74, 6) is 1.05. The number of thioether (sulfide) groups is 1. The highest BCUT2D eigenvalue weighted by atomic mass is 79.9. The highest BCUT2D eigenvalue weighted by Crippen LogP contribution is 2.35. The van der Waals surface area contributed by atoms with Gasteiger partial charge in [0.2, 0.25) is 5.16 Å². The van der Waals surface area contributed by atoms with Crippen LogP contribution in [-0.2, 0) is 0 Å². The molecule has 1 atom stereocenters. The molecular weight excluding hydrogens is 440 g/mol. The first-order valence-corrected chi connectivity index (χ1v) is 10.9. The molecule has 6 nitrogen and oxygen atoms in total. The van der Waals surface area contributed by atoms with Crippen LogP contribution in [0.5, 0.6) is 5.75 Å². The van der Waals surface area contributed by atoms with E-state index in [1.807, 2.05) is 24.3 Å². The molecule has 0 saturated heterocycles. The lowest BCUT2D eigenvalue weighted by molar-refractivity contribution is -0.759. The number of anilines is 1. The number of phenolic OH excluding ortho intramolecular Hbond substituents is 1. The van der Waals surface area contributed by atoms with E-state index in [9.17, 15) is 9.90 Å². The summed E-state index contributed by atoms with van der Waals surface area (Å²) in [4.78, 5) is 15.9. The van der Waals surface area contributed by atoms with Crippen molar-refractivity contribution >= 4 is 33.4 Å². The van der Waals surface area contributed by atoms with Crippen molar-refractivity contribution in [2.75, 3.05) is 11.1 Å². The summed E-state index contributed by atoms with van der Waals surface area (Å²) in [6, 6.07) is 12.8. The van der Waals surface area contributed by atoms with Gasteiger partial charge in [0.25, 0.3) is 6.17 Å². The number of aromatic amines is 1. The summed E-state index contributed by atoms with van der Waals surface area (Å²) in [5.41, 5.74) is 2.76. The predicted molar refractivity (Wildman–Crippen MR) is 114 cm³/mol. The molecule has 2 heterocycles. The van der Waals surface area contributed by atoms with E-state index >= 15 is 0 Å². The Morgan fingerprint density at radius 3 is 2.93 bits per heavy atom. The lowest BCUT2D eigenvalue weighted by atomic mass is 10.0. The second kappa shape index (κ2) is 7.97. The maximum absolute atomic E-state index is 13.0. The van der Waals surface area contributed by atoms with E-state index in [2.05, 4.69) is 33.2 Å². The van der Waals surface area contributed by atoms with Gasteiger partial charge in [0.05, 0.1) is 16.8 Å². The minimum Gasteiger partial charge on any atom is -0.508 e. The Morgan fingerprint density at radius 2 is 2.11 bits per heavy atom. The van der Waals surface area contributed by atoms with Gasteiger partial charge in [-0.05, 0) is 41.4 Å². The van der Waals surface area contributed by atoms with Gasteiger partial charge in [-0.15, -0.1) is 0 Å². The molecule has 3 N–H and O–H groups in total. The lowest BCUT2D eigenvalue weighted by Crippen LogP contribution is -2.55. The quantitative estimate of drug-likeness (QED) is 0.304. The highest BCUT2D eigenvalue weighted by Gasteiger charge is 2.38. The van der Waals surface area contributed by atoms with Crippen molar-refractivity contribution in [3.8, 4) is 17.0 Å². The SMILES string of the molecule is CCCCSc1n[n+]2c(c(=O)[nH]1)-c1ccccc1N[C@H]2c1cc(O)ccc1Br. The van der Waals surface area contributed by atoms with E-state index in [0.717, 1.165) is 39.9 Å². The number of phenols is 1. The first kappa shape index (κ1) is 19.0. The van der Waals surface area contributed by atoms with Gasteiger partial charge in [0, 0.05) is 15.3 Å². The third-order valence-electron chi connectivity index (χ3n) is 4.59. The van der Waals surface area contributed by atoms with Gasteiger partial charge in [-0.2, -0.15) is 0 Å². The van der Waals surface area contributed by atoms with Gasteiger partial charge in [-0.1, -0.05) is 53.2 Å². The van der Waals surface area contributed by atoms with E-state index < -0.39 is 6.17 Å². The second-order valence-electron chi connectivity index (χ2n) is 6.55. The Hall–Kier alpha value is -2.32. The van der Waals surface area contributed by atoms with Crippen LogP contribution in [0.1, 0.15) is 31.5 Å². The number of hydrogen-bond acceptors (Lipinski definition) is 5. The number of nitrogens with zero attached hydrogens (tertiary/aromatic N) is 2. The van der Waals surface area contributed by atoms with Crippen LogP contribution in [0, 0.1) is 0 Å². The van der Waals surface area contributed by atoms with Crippen LogP contribution >= 0.6 is 27.7 Å². The molecule has 1 aliphatic rings. The van der Waals surface area contributed by atoms with Gasteiger partial charge in [0.1, 0.15) is 5.75 Å². The van der Waals surface area contributed by atoms with E-state index in [1.54, 1.807) is 34.6 Å². The molecule has 8 heteroatoms. The summed E-state index contributed by atoms with van der Waals surface area (Å²) < 4.78 is 2.54. The fraction of sp³-hybridized carbons (Fsp3) is 0.250. The molecule has 0 unspecified atom stereocenters. The third-order valence-corrected chi connectivity index (χ3v) is 6.27. The first-order chi connectivity index (χ1) is 13.6. The Bertz CT molecular complexity index is 1090. The van der Waals surface area contributed by atoms with Crippen molar-refractivity contribution in [2.45, 2.75) is 31.1 Å². The third kappa shape index (κ3) is 3.54. The molecule has 1 aromatic heterocycles. The summed E-state index contributed by atoms with van der Waals surface area (Å²) in [6.07, 6.45) is 1.71. The maximum atomic E-state index is 13.0. The van der Waals surface area contributed by atoms with Crippen LogP contribution in [0.15, 0.2) is 56.9 Å². The normalized spacial score (nSPS) is 14.9. The molecule has 0 fully saturated rings. The molecule has 0 radical (unpaired) electrons. The lowest BCUT2D eigenvalue weighted by Gasteiger charge is -2.23.